The molecule has 0 unspecified atom stereocenters. The monoisotopic (exact) mass is 1290 g/mol. The van der Waals surface area contributed by atoms with E-state index in [9.17, 15) is 87.2 Å². The van der Waals surface area contributed by atoms with Gasteiger partial charge in [0.15, 0.2) is 0 Å². The smallest absolute Gasteiger partial charge is 0.330 e. The van der Waals surface area contributed by atoms with Crippen LogP contribution in [0.4, 0.5) is 11.4 Å². The summed E-state index contributed by atoms with van der Waals surface area (Å²) < 4.78 is 11.0. The number of nitrogens with one attached hydrogen (secondary N) is 12. The van der Waals surface area contributed by atoms with E-state index in [-0.39, 0.29) is 19.3 Å². The maximum atomic E-state index is 13.7. The summed E-state index contributed by atoms with van der Waals surface area (Å²) >= 11 is 0. The Balaban J connectivity index is 0.956. The van der Waals surface area contributed by atoms with E-state index >= 15 is 0 Å². The maximum absolute atomic E-state index is 13.7. The molecule has 2 aromatic rings. The molecule has 4 heterocycles. The van der Waals surface area contributed by atoms with Crippen molar-refractivity contribution in [2.24, 2.45) is 23.3 Å². The van der Waals surface area contributed by atoms with Gasteiger partial charge >= 0.3 is 11.9 Å². The Labute approximate surface area is 526 Å². The van der Waals surface area contributed by atoms with Gasteiger partial charge in [0.1, 0.15) is 48.3 Å². The largest absolute Gasteiger partial charge is 0.442 e. The van der Waals surface area contributed by atoms with E-state index in [0.29, 0.717) is 28.9 Å². The van der Waals surface area contributed by atoms with Crippen molar-refractivity contribution in [3.8, 4) is 0 Å². The summed E-state index contributed by atoms with van der Waals surface area (Å²) in [5.41, 5.74) is 9.42. The first-order valence-corrected chi connectivity index (χ1v) is 29.6. The van der Waals surface area contributed by atoms with Crippen LogP contribution in [-0.2, 0) is 92.6 Å². The standard InChI is InChI=1S/C58H78N14O20/c1-7-25(3)42(69-41(79)22-61-39(77)19-31(59)46(80)71-45(28(6)75)52(86)70-43(26(4)8-2)50(84)65-35-20-57(91-53(35)87)29-13-9-11-15-32(29)67-55(57)89)49(83)62-23-40(78)63-37(24-73)48(82)64-34(17-18-38(60)76)47(81)72-44(27(5)74)51(85)66-36-21-58(92-54(36)88)30-14-10-12-16-33(30)68-56(58)90/h9-16,25-28,31,34-37,42-45,73-75H,7-8,17-24,59H2,1-6H3,(H2,60,76)(H,61,77)(H,62,83)(H,63,78)(H,64,82)(H,65,84)(H,66,85)(H,67,89)(H,68,90)(H,69,79)(H,70,86)(H,71,80)(H,72,81)/t25-,26+,27+,28+,31-,34+,35-,36+,37-,42-,43+,44+,45+,57+,58+/m1/s1. The Kier molecular flexibility index (Phi) is 24.0. The number of ether oxygens (including phenoxy) is 2. The van der Waals surface area contributed by atoms with E-state index in [0.717, 1.165) is 13.8 Å². The van der Waals surface area contributed by atoms with Gasteiger partial charge in [0, 0.05) is 41.8 Å². The van der Waals surface area contributed by atoms with Crippen molar-refractivity contribution in [2.75, 3.05) is 30.3 Å². The van der Waals surface area contributed by atoms with Gasteiger partial charge in [-0.15, -0.1) is 0 Å². The summed E-state index contributed by atoms with van der Waals surface area (Å²) in [6, 6.07) is -1.16. The summed E-state index contributed by atoms with van der Waals surface area (Å²) in [7, 11) is 0. The number of aliphatic hydroxyl groups excluding tert-OH is 3. The van der Waals surface area contributed by atoms with Crippen molar-refractivity contribution >= 4 is 100 Å². The topological polar surface area (TPSA) is 532 Å². The predicted octanol–water partition coefficient (Wildman–Crippen LogP) is -6.48. The van der Waals surface area contributed by atoms with Gasteiger partial charge in [0.2, 0.25) is 76.2 Å². The number of nitrogens with two attached hydrogens (primary N) is 2. The van der Waals surface area contributed by atoms with Gasteiger partial charge in [-0.1, -0.05) is 76.9 Å². The number of hydrogen-bond donors (Lipinski definition) is 17. The molecule has 19 N–H and O–H groups in total. The van der Waals surface area contributed by atoms with Crippen LogP contribution in [-0.4, -0.2) is 190 Å². The minimum atomic E-state index is -1.82. The average molecular weight is 1290 g/mol. The highest BCUT2D eigenvalue weighted by Crippen LogP contribution is 2.47. The fraction of sp³-hybridized carbons (Fsp3) is 0.534. The molecule has 0 aliphatic carbocycles. The Hall–Kier alpha value is -9.67. The van der Waals surface area contributed by atoms with Gasteiger partial charge in [0.05, 0.1) is 44.4 Å². The van der Waals surface area contributed by atoms with E-state index in [4.69, 9.17) is 20.9 Å². The fourth-order valence-corrected chi connectivity index (χ4v) is 10.5. The number of rotatable bonds is 31. The van der Waals surface area contributed by atoms with Crippen molar-refractivity contribution in [2.45, 2.75) is 164 Å². The molecule has 92 heavy (non-hydrogen) atoms. The van der Waals surface area contributed by atoms with Crippen LogP contribution in [0.2, 0.25) is 0 Å². The quantitative estimate of drug-likeness (QED) is 0.0312. The third-order valence-electron chi connectivity index (χ3n) is 16.2. The molecule has 2 aromatic carbocycles. The highest BCUT2D eigenvalue weighted by atomic mass is 16.6. The molecule has 0 bridgehead atoms. The number of aliphatic hydroxyl groups is 3. The van der Waals surface area contributed by atoms with Crippen LogP contribution in [0, 0.1) is 11.8 Å². The Bertz CT molecular complexity index is 3240. The van der Waals surface area contributed by atoms with E-state index in [1.54, 1.807) is 76.2 Å². The second-order valence-electron chi connectivity index (χ2n) is 23.0. The average Bonchev–Trinajstić information content (AvgIpc) is 1.59. The zero-order valence-corrected chi connectivity index (χ0v) is 51.1. The van der Waals surface area contributed by atoms with Crippen LogP contribution >= 0.6 is 0 Å². The molecule has 34 heteroatoms. The summed E-state index contributed by atoms with van der Waals surface area (Å²) in [4.78, 5) is 198. The second kappa shape index (κ2) is 30.9. The van der Waals surface area contributed by atoms with Crippen LogP contribution in [0.1, 0.15) is 97.6 Å². The van der Waals surface area contributed by atoms with Crippen molar-refractivity contribution in [1.82, 2.24) is 53.2 Å². The Morgan fingerprint density at radius 1 is 0.554 bits per heavy atom. The van der Waals surface area contributed by atoms with E-state index in [2.05, 4.69) is 63.8 Å². The lowest BCUT2D eigenvalue weighted by Gasteiger charge is -2.28. The molecule has 6 rings (SSSR count). The molecule has 2 saturated heterocycles. The third kappa shape index (κ3) is 16.8. The number of amides is 13. The fourth-order valence-electron chi connectivity index (χ4n) is 10.5. The van der Waals surface area contributed by atoms with Crippen LogP contribution in [0.3, 0.4) is 0 Å². The third-order valence-corrected chi connectivity index (χ3v) is 16.2. The molecule has 4 aliphatic rings. The lowest BCUT2D eigenvalue weighted by atomic mass is 9.90. The van der Waals surface area contributed by atoms with Crippen LogP contribution < -0.4 is 75.3 Å². The molecule has 15 atom stereocenters. The Morgan fingerprint density at radius 3 is 1.48 bits per heavy atom. The number of anilines is 2. The molecule has 4 aliphatic heterocycles. The molecule has 0 saturated carbocycles. The predicted molar refractivity (Wildman–Crippen MR) is 317 cm³/mol. The van der Waals surface area contributed by atoms with Gasteiger partial charge in [-0.05, 0) is 44.2 Å². The number of carbonyl (C=O) groups is 15. The number of hydrogen-bond acceptors (Lipinski definition) is 21. The normalized spacial score (nSPS) is 22.0. The zero-order chi connectivity index (χ0) is 68.1. The van der Waals surface area contributed by atoms with Crippen LogP contribution in [0.15, 0.2) is 48.5 Å². The first kappa shape index (κ1) is 71.4. The summed E-state index contributed by atoms with van der Waals surface area (Å²) in [6.07, 6.45) is -5.02. The van der Waals surface area contributed by atoms with Gasteiger partial charge in [-0.25, -0.2) is 9.59 Å². The Morgan fingerprint density at radius 2 is 0.989 bits per heavy atom. The molecule has 0 aromatic heterocycles. The van der Waals surface area contributed by atoms with E-state index < -0.39 is 217 Å². The molecule has 0 radical (unpaired) electrons. The lowest BCUT2D eigenvalue weighted by molar-refractivity contribution is -0.157. The number of benzene rings is 2. The van der Waals surface area contributed by atoms with Gasteiger partial charge in [0.25, 0.3) is 11.8 Å². The number of para-hydroxylation sites is 2. The molecular formula is C58H78N14O20. The van der Waals surface area contributed by atoms with Crippen molar-refractivity contribution < 1.29 is 96.7 Å². The highest BCUT2D eigenvalue weighted by molar-refractivity contribution is 6.09. The second-order valence-corrected chi connectivity index (χ2v) is 23.0. The van der Waals surface area contributed by atoms with E-state index in [1.807, 2.05) is 0 Å². The lowest BCUT2D eigenvalue weighted by Crippen LogP contribution is -2.61. The minimum absolute atomic E-state index is 0.249. The number of primary amides is 1. The zero-order valence-electron chi connectivity index (χ0n) is 51.1. The summed E-state index contributed by atoms with van der Waals surface area (Å²) in [5.74, 6) is -15.6. The molecule has 13 amide bonds. The first-order chi connectivity index (χ1) is 43.4. The van der Waals surface area contributed by atoms with Gasteiger partial charge in [-0.2, -0.15) is 0 Å². The number of fused-ring (bicyclic) bond motifs is 4. The summed E-state index contributed by atoms with van der Waals surface area (Å²) in [6.45, 7) is 6.16. The number of esters is 2. The summed E-state index contributed by atoms with van der Waals surface area (Å²) in [5, 5.41) is 59.9. The minimum Gasteiger partial charge on any atom is -0.442 e. The molecule has 500 valence electrons. The first-order valence-electron chi connectivity index (χ1n) is 29.6. The van der Waals surface area contributed by atoms with Gasteiger partial charge in [-0.3, -0.25) is 62.3 Å². The molecule has 34 nitrogen and oxygen atoms in total. The van der Waals surface area contributed by atoms with Crippen molar-refractivity contribution in [3.05, 3.63) is 59.7 Å². The van der Waals surface area contributed by atoms with Crippen molar-refractivity contribution in [3.63, 3.8) is 0 Å². The highest BCUT2D eigenvalue weighted by Gasteiger charge is 2.60. The van der Waals surface area contributed by atoms with E-state index in [1.165, 1.54) is 0 Å². The van der Waals surface area contributed by atoms with Crippen LogP contribution in [0.5, 0.6) is 0 Å². The number of carbonyl (C=O) groups excluding carboxylic acids is 15. The molecular weight excluding hydrogens is 1210 g/mol. The van der Waals surface area contributed by atoms with Gasteiger partial charge < -0.3 is 100 Å². The SMILES string of the molecule is CC[C@@H](C)[C@@H](NC(=O)CNC(=O)C[C@@H](N)C(=O)N[C@H](C(=O)N[C@H](C(=O)N[C@@H]1C[C@@]2(OC1=O)C(=O)Nc1ccccc12)[C@@H](C)CC)[C@H](C)O)C(=O)NCC(=O)N[C@H](CO)C(=O)N[C@@H](CCC(N)=O)C(=O)N[C@H](C(=O)N[C@H]1C[C@@]2(OC1=O)C(=O)Nc1ccccc12)[C@H](C)O. The van der Waals surface area contributed by atoms with Crippen molar-refractivity contribution in [1.29, 1.82) is 0 Å². The van der Waals surface area contributed by atoms with Crippen LogP contribution in [0.25, 0.3) is 0 Å². The maximum Gasteiger partial charge on any atom is 0.330 e. The molecule has 2 spiro atoms. The molecule has 2 fully saturated rings.